The maximum atomic E-state index is 12.5. The van der Waals surface area contributed by atoms with Crippen LogP contribution in [0.3, 0.4) is 0 Å². The summed E-state index contributed by atoms with van der Waals surface area (Å²) < 4.78 is 32.6. The van der Waals surface area contributed by atoms with Gasteiger partial charge < -0.3 is 4.74 Å². The smallest absolute Gasteiger partial charge is 0.270 e. The van der Waals surface area contributed by atoms with Gasteiger partial charge in [-0.25, -0.2) is 13.1 Å². The number of nitrogens with zero attached hydrogens (tertiary/aromatic N) is 2. The van der Waals surface area contributed by atoms with Crippen molar-refractivity contribution in [2.24, 2.45) is 0 Å². The van der Waals surface area contributed by atoms with Crippen LogP contribution in [0.25, 0.3) is 0 Å². The molecule has 3 rings (SSSR count). The maximum Gasteiger partial charge on any atom is 0.270 e. The third-order valence-corrected chi connectivity index (χ3v) is 6.86. The lowest BCUT2D eigenvalue weighted by molar-refractivity contribution is 0.102. The molecule has 0 saturated carbocycles. The Kier molecular flexibility index (Phi) is 7.27. The van der Waals surface area contributed by atoms with Gasteiger partial charge in [0.1, 0.15) is 5.75 Å². The lowest BCUT2D eigenvalue weighted by atomic mass is 10.2. The topological polar surface area (TPSA) is 110 Å². The number of amides is 1. The van der Waals surface area contributed by atoms with E-state index in [2.05, 4.69) is 20.2 Å². The molecule has 0 aliphatic heterocycles. The average Bonchev–Trinajstić information content (AvgIpc) is 3.16. The normalized spacial score (nSPS) is 11.3. The van der Waals surface area contributed by atoms with E-state index in [1.165, 1.54) is 18.2 Å². The van der Waals surface area contributed by atoms with Gasteiger partial charge in [0.05, 0.1) is 17.2 Å². The van der Waals surface area contributed by atoms with Crippen molar-refractivity contribution in [3.8, 4) is 5.75 Å². The summed E-state index contributed by atoms with van der Waals surface area (Å²) in [6.45, 7) is 2.42. The molecule has 3 aromatic rings. The summed E-state index contributed by atoms with van der Waals surface area (Å²) in [5.74, 6) is 0.0911. The summed E-state index contributed by atoms with van der Waals surface area (Å²) in [5.41, 5.74) is 0.896. The van der Waals surface area contributed by atoms with Crippen molar-refractivity contribution in [1.82, 2.24) is 14.9 Å². The largest absolute Gasteiger partial charge is 0.494 e. The van der Waals surface area contributed by atoms with Crippen molar-refractivity contribution in [3.63, 3.8) is 0 Å². The van der Waals surface area contributed by atoms with E-state index < -0.39 is 15.9 Å². The third-order valence-electron chi connectivity index (χ3n) is 3.71. The monoisotopic (exact) mass is 486 g/mol. The summed E-state index contributed by atoms with van der Waals surface area (Å²) >= 11 is 12.5. The molecule has 12 heteroatoms. The van der Waals surface area contributed by atoms with Gasteiger partial charge in [-0.05, 0) is 42.8 Å². The zero-order chi connectivity index (χ0) is 21.7. The average molecular weight is 487 g/mol. The zero-order valence-corrected chi connectivity index (χ0v) is 18.7. The minimum Gasteiger partial charge on any atom is -0.494 e. The molecule has 1 heterocycles. The van der Waals surface area contributed by atoms with E-state index in [9.17, 15) is 13.2 Å². The molecule has 158 valence electrons. The fraction of sp³-hybridized carbons (Fsp3) is 0.167. The lowest BCUT2D eigenvalue weighted by Crippen LogP contribution is -2.23. The van der Waals surface area contributed by atoms with Crippen LogP contribution in [-0.4, -0.2) is 31.1 Å². The maximum absolute atomic E-state index is 12.5. The Morgan fingerprint density at radius 3 is 2.70 bits per heavy atom. The summed E-state index contributed by atoms with van der Waals surface area (Å²) in [6.07, 6.45) is 0. The highest BCUT2D eigenvalue weighted by Crippen LogP contribution is 2.24. The Morgan fingerprint density at radius 2 is 1.97 bits per heavy atom. The molecule has 0 radical (unpaired) electrons. The molecule has 0 bridgehead atoms. The summed E-state index contributed by atoms with van der Waals surface area (Å²) in [7, 11) is -3.92. The highest BCUT2D eigenvalue weighted by Gasteiger charge is 2.21. The number of aromatic nitrogens is 2. The van der Waals surface area contributed by atoms with Gasteiger partial charge in [0.15, 0.2) is 0 Å². The number of carbonyl (C=O) groups is 1. The number of nitrogens with one attached hydrogen (secondary N) is 2. The molecule has 1 aromatic heterocycles. The van der Waals surface area contributed by atoms with Crippen LogP contribution in [0.2, 0.25) is 10.0 Å². The molecule has 2 aromatic carbocycles. The van der Waals surface area contributed by atoms with Crippen LogP contribution in [0.4, 0.5) is 5.13 Å². The van der Waals surface area contributed by atoms with Crippen molar-refractivity contribution in [3.05, 3.63) is 63.6 Å². The first-order valence-corrected chi connectivity index (χ1v) is 11.7. The Morgan fingerprint density at radius 1 is 1.17 bits per heavy atom. The van der Waals surface area contributed by atoms with Gasteiger partial charge in [0.25, 0.3) is 15.9 Å². The van der Waals surface area contributed by atoms with E-state index in [0.717, 1.165) is 16.9 Å². The second kappa shape index (κ2) is 9.71. The number of sulfonamides is 1. The van der Waals surface area contributed by atoms with E-state index >= 15 is 0 Å². The van der Waals surface area contributed by atoms with Crippen LogP contribution in [0.15, 0.2) is 46.8 Å². The second-order valence-corrected chi connectivity index (χ2v) is 9.62. The number of anilines is 1. The Bertz CT molecular complexity index is 1170. The van der Waals surface area contributed by atoms with Crippen LogP contribution < -0.4 is 14.8 Å². The first kappa shape index (κ1) is 22.4. The first-order chi connectivity index (χ1) is 14.3. The molecular formula is C18H16Cl2N4O4S2. The number of hydrogen-bond acceptors (Lipinski definition) is 7. The molecule has 1 amide bonds. The number of rotatable bonds is 8. The van der Waals surface area contributed by atoms with Crippen molar-refractivity contribution in [1.29, 1.82) is 0 Å². The van der Waals surface area contributed by atoms with Crippen LogP contribution in [-0.2, 0) is 16.6 Å². The van der Waals surface area contributed by atoms with E-state index in [-0.39, 0.29) is 26.6 Å². The van der Waals surface area contributed by atoms with Crippen LogP contribution in [0, 0.1) is 0 Å². The van der Waals surface area contributed by atoms with Crippen molar-refractivity contribution in [2.75, 3.05) is 11.9 Å². The Hall–Kier alpha value is -2.24. The third kappa shape index (κ3) is 5.67. The van der Waals surface area contributed by atoms with Gasteiger partial charge in [0.2, 0.25) is 9.47 Å². The number of ether oxygens (including phenoxy) is 1. The molecular weight excluding hydrogens is 471 g/mol. The summed E-state index contributed by atoms with van der Waals surface area (Å²) in [6, 6.07) is 11.5. The Labute approximate surface area is 187 Å². The summed E-state index contributed by atoms with van der Waals surface area (Å²) in [4.78, 5) is 12.3. The van der Waals surface area contributed by atoms with Crippen LogP contribution in [0.5, 0.6) is 5.75 Å². The highest BCUT2D eigenvalue weighted by molar-refractivity contribution is 7.91. The SMILES string of the molecule is CCOc1cccc(CNS(=O)(=O)c2nnc(NC(=O)c3ccc(Cl)cc3Cl)s2)c1. The van der Waals surface area contributed by atoms with Gasteiger partial charge in [-0.15, -0.1) is 10.2 Å². The predicted molar refractivity (Wildman–Crippen MR) is 116 cm³/mol. The van der Waals surface area contributed by atoms with E-state index in [1.807, 2.05) is 6.92 Å². The minimum absolute atomic E-state index is 0.0183. The number of halogens is 2. The molecule has 0 spiro atoms. The van der Waals surface area contributed by atoms with Gasteiger partial charge in [-0.3, -0.25) is 10.1 Å². The van der Waals surface area contributed by atoms with Crippen molar-refractivity contribution < 1.29 is 17.9 Å². The Balaban J connectivity index is 1.67. The quantitative estimate of drug-likeness (QED) is 0.466. The number of benzene rings is 2. The van der Waals surface area contributed by atoms with E-state index in [1.54, 1.807) is 24.3 Å². The molecule has 0 atom stereocenters. The van der Waals surface area contributed by atoms with E-state index in [4.69, 9.17) is 27.9 Å². The molecule has 0 unspecified atom stereocenters. The molecule has 0 saturated heterocycles. The number of carbonyl (C=O) groups excluding carboxylic acids is 1. The lowest BCUT2D eigenvalue weighted by Gasteiger charge is -2.07. The highest BCUT2D eigenvalue weighted by atomic mass is 35.5. The van der Waals surface area contributed by atoms with Crippen molar-refractivity contribution >= 4 is 55.6 Å². The molecule has 0 aliphatic carbocycles. The molecule has 0 fully saturated rings. The van der Waals surface area contributed by atoms with Crippen LogP contribution in [0.1, 0.15) is 22.8 Å². The molecule has 0 aliphatic rings. The zero-order valence-electron chi connectivity index (χ0n) is 15.6. The second-order valence-electron chi connectivity index (χ2n) is 5.86. The fourth-order valence-corrected chi connectivity index (χ4v) is 4.81. The minimum atomic E-state index is -3.92. The predicted octanol–water partition coefficient (Wildman–Crippen LogP) is 3.97. The van der Waals surface area contributed by atoms with Crippen LogP contribution >= 0.6 is 34.5 Å². The van der Waals surface area contributed by atoms with Crippen molar-refractivity contribution in [2.45, 2.75) is 17.8 Å². The first-order valence-electron chi connectivity index (χ1n) is 8.60. The summed E-state index contributed by atoms with van der Waals surface area (Å²) in [5, 5.41) is 10.4. The molecule has 2 N–H and O–H groups in total. The van der Waals surface area contributed by atoms with Gasteiger partial charge in [-0.1, -0.05) is 46.7 Å². The van der Waals surface area contributed by atoms with Gasteiger partial charge in [0, 0.05) is 11.6 Å². The molecule has 30 heavy (non-hydrogen) atoms. The van der Waals surface area contributed by atoms with Gasteiger partial charge in [-0.2, -0.15) is 0 Å². The molecule has 8 nitrogen and oxygen atoms in total. The van der Waals surface area contributed by atoms with Gasteiger partial charge >= 0.3 is 0 Å². The number of hydrogen-bond donors (Lipinski definition) is 2. The fourth-order valence-electron chi connectivity index (χ4n) is 2.36. The van der Waals surface area contributed by atoms with E-state index in [0.29, 0.717) is 17.4 Å². The standard InChI is InChI=1S/C18H16Cl2N4O4S2/c1-2-28-13-5-3-4-11(8-13)10-21-30(26,27)18-24-23-17(29-18)22-16(25)14-7-6-12(19)9-15(14)20/h3-9,21H,2,10H2,1H3,(H,22,23,25).